The van der Waals surface area contributed by atoms with Crippen molar-refractivity contribution in [2.75, 3.05) is 13.2 Å². The van der Waals surface area contributed by atoms with Crippen LogP contribution in [0, 0.1) is 0 Å². The molecule has 3 rings (SSSR count). The number of aromatic nitrogens is 1. The van der Waals surface area contributed by atoms with Gasteiger partial charge in [-0.25, -0.2) is 0 Å². The number of ether oxygens (including phenoxy) is 3. The van der Waals surface area contributed by atoms with Gasteiger partial charge >= 0.3 is 0 Å². The maximum absolute atomic E-state index is 13.3. The molecule has 0 unspecified atom stereocenters. The summed E-state index contributed by atoms with van der Waals surface area (Å²) in [4.78, 5) is 13.3. The summed E-state index contributed by atoms with van der Waals surface area (Å²) in [5, 5.41) is 0.833. The zero-order chi connectivity index (χ0) is 25.9. The Morgan fingerprint density at radius 2 is 1.72 bits per heavy atom. The summed E-state index contributed by atoms with van der Waals surface area (Å²) in [5.74, 6) is 1.46. The van der Waals surface area contributed by atoms with Gasteiger partial charge in [0.2, 0.25) is 5.75 Å². The molecule has 192 valence electrons. The predicted molar refractivity (Wildman–Crippen MR) is 148 cm³/mol. The smallest absolute Gasteiger partial charge is 0.297 e. The summed E-state index contributed by atoms with van der Waals surface area (Å²) in [7, 11) is 1.76. The van der Waals surface area contributed by atoms with Crippen LogP contribution >= 0.6 is 0 Å². The van der Waals surface area contributed by atoms with Crippen LogP contribution in [0.2, 0.25) is 0 Å². The van der Waals surface area contributed by atoms with E-state index in [4.69, 9.17) is 14.2 Å². The number of hydrogen-bond acceptors (Lipinski definition) is 4. The van der Waals surface area contributed by atoms with Crippen LogP contribution < -0.4 is 19.8 Å². The Morgan fingerprint density at radius 1 is 0.944 bits per heavy atom. The molecule has 0 bridgehead atoms. The molecule has 0 spiro atoms. The van der Waals surface area contributed by atoms with Crippen LogP contribution in [0.5, 0.6) is 17.2 Å². The molecule has 36 heavy (non-hydrogen) atoms. The molecule has 0 amide bonds. The second kappa shape index (κ2) is 13.6. The highest BCUT2D eigenvalue weighted by Crippen LogP contribution is 2.35. The van der Waals surface area contributed by atoms with Crippen molar-refractivity contribution in [3.05, 3.63) is 87.7 Å². The van der Waals surface area contributed by atoms with E-state index in [-0.39, 0.29) is 11.3 Å². The molecule has 0 fully saturated rings. The average molecular weight is 490 g/mol. The number of unbranched alkanes of at least 4 members (excludes halogenated alkanes) is 1. The van der Waals surface area contributed by atoms with E-state index in [0.717, 1.165) is 42.1 Å². The second-order valence-electron chi connectivity index (χ2n) is 9.36. The lowest BCUT2D eigenvalue weighted by Crippen LogP contribution is -2.21. The molecule has 0 radical (unpaired) electrons. The fourth-order valence-corrected chi connectivity index (χ4v) is 3.84. The molecule has 5 nitrogen and oxygen atoms in total. The van der Waals surface area contributed by atoms with Crippen molar-refractivity contribution in [2.45, 2.75) is 60.0 Å². The van der Waals surface area contributed by atoms with Crippen molar-refractivity contribution in [2.24, 2.45) is 7.05 Å². The molecule has 3 aromatic rings. The maximum atomic E-state index is 13.3. The van der Waals surface area contributed by atoms with Gasteiger partial charge in [0.25, 0.3) is 5.56 Å². The number of rotatable bonds is 13. The normalized spacial score (nSPS) is 11.4. The highest BCUT2D eigenvalue weighted by Gasteiger charge is 2.19. The van der Waals surface area contributed by atoms with Crippen LogP contribution in [0.3, 0.4) is 0 Å². The largest absolute Gasteiger partial charge is 0.489 e. The molecule has 2 aromatic carbocycles. The Balaban J connectivity index is 1.87. The fourth-order valence-electron chi connectivity index (χ4n) is 3.84. The molecule has 0 aliphatic carbocycles. The van der Waals surface area contributed by atoms with E-state index in [2.05, 4.69) is 33.8 Å². The van der Waals surface area contributed by atoms with Crippen LogP contribution in [0.25, 0.3) is 10.9 Å². The van der Waals surface area contributed by atoms with E-state index >= 15 is 0 Å². The van der Waals surface area contributed by atoms with Gasteiger partial charge in [-0.3, -0.25) is 4.79 Å². The summed E-state index contributed by atoms with van der Waals surface area (Å²) in [6.45, 7) is 9.73. The molecule has 0 aliphatic rings. The second-order valence-corrected chi connectivity index (χ2v) is 9.36. The SMILES string of the molecule is CCCCOc1c(OC/C=C(\C)CCC=C(C)C)c(=O)n(C)c2cc(OCc3ccccc3)ccc12. The van der Waals surface area contributed by atoms with Gasteiger partial charge in [0.15, 0.2) is 5.75 Å². The van der Waals surface area contributed by atoms with E-state index in [9.17, 15) is 4.79 Å². The first-order valence-corrected chi connectivity index (χ1v) is 12.8. The maximum Gasteiger partial charge on any atom is 0.297 e. The minimum absolute atomic E-state index is 0.218. The Labute approximate surface area is 215 Å². The third kappa shape index (κ3) is 7.51. The summed E-state index contributed by atoms with van der Waals surface area (Å²) in [6, 6.07) is 15.8. The van der Waals surface area contributed by atoms with Gasteiger partial charge in [-0.15, -0.1) is 0 Å². The number of benzene rings is 2. The molecule has 0 N–H and O–H groups in total. The van der Waals surface area contributed by atoms with Crippen molar-refractivity contribution in [1.29, 1.82) is 0 Å². The van der Waals surface area contributed by atoms with E-state index in [0.29, 0.717) is 31.3 Å². The van der Waals surface area contributed by atoms with Crippen LogP contribution in [-0.2, 0) is 13.7 Å². The first-order chi connectivity index (χ1) is 17.4. The van der Waals surface area contributed by atoms with Crippen LogP contribution in [-0.4, -0.2) is 17.8 Å². The zero-order valence-electron chi connectivity index (χ0n) is 22.3. The lowest BCUT2D eigenvalue weighted by molar-refractivity contribution is 0.278. The van der Waals surface area contributed by atoms with Crippen LogP contribution in [0.15, 0.2) is 76.6 Å². The van der Waals surface area contributed by atoms with Gasteiger partial charge in [-0.05, 0) is 63.8 Å². The lowest BCUT2D eigenvalue weighted by atomic mass is 10.1. The van der Waals surface area contributed by atoms with Gasteiger partial charge in [0.1, 0.15) is 19.0 Å². The van der Waals surface area contributed by atoms with E-state index < -0.39 is 0 Å². The topological polar surface area (TPSA) is 49.7 Å². The number of nitrogens with zero attached hydrogens (tertiary/aromatic N) is 1. The summed E-state index contributed by atoms with van der Waals surface area (Å²) in [6.07, 6.45) is 8.15. The van der Waals surface area contributed by atoms with Gasteiger partial charge in [-0.1, -0.05) is 60.9 Å². The van der Waals surface area contributed by atoms with Crippen molar-refractivity contribution in [3.63, 3.8) is 0 Å². The van der Waals surface area contributed by atoms with Gasteiger partial charge in [-0.2, -0.15) is 0 Å². The molecule has 1 heterocycles. The zero-order valence-corrected chi connectivity index (χ0v) is 22.3. The number of allylic oxidation sites excluding steroid dienone is 3. The fraction of sp³-hybridized carbons (Fsp3) is 0.387. The summed E-state index contributed by atoms with van der Waals surface area (Å²) < 4.78 is 19.8. The first-order valence-electron chi connectivity index (χ1n) is 12.8. The molecular formula is C31H39NO4. The number of fused-ring (bicyclic) bond motifs is 1. The highest BCUT2D eigenvalue weighted by molar-refractivity contribution is 5.89. The van der Waals surface area contributed by atoms with Gasteiger partial charge < -0.3 is 18.8 Å². The van der Waals surface area contributed by atoms with Crippen LogP contribution in [0.1, 0.15) is 58.9 Å². The summed E-state index contributed by atoms with van der Waals surface area (Å²) in [5.41, 5.74) is 4.17. The minimum Gasteiger partial charge on any atom is -0.489 e. The van der Waals surface area contributed by atoms with Crippen molar-refractivity contribution >= 4 is 10.9 Å². The summed E-state index contributed by atoms with van der Waals surface area (Å²) >= 11 is 0. The molecular weight excluding hydrogens is 450 g/mol. The van der Waals surface area contributed by atoms with Crippen molar-refractivity contribution in [3.8, 4) is 17.2 Å². The third-order valence-corrected chi connectivity index (χ3v) is 6.02. The van der Waals surface area contributed by atoms with E-state index in [1.165, 1.54) is 11.1 Å². The number of aryl methyl sites for hydroxylation is 1. The molecule has 5 heteroatoms. The Kier molecular flexibility index (Phi) is 10.2. The molecule has 1 aromatic heterocycles. The standard InChI is InChI=1S/C31H39NO4/c1-6-7-19-34-29-27-17-16-26(36-22-25-14-9-8-10-15-25)21-28(27)32(5)31(33)30(29)35-20-18-24(4)13-11-12-23(2)3/h8-10,12,14-18,21H,6-7,11,13,19-20,22H2,1-5H3/b24-18+. The Morgan fingerprint density at radius 3 is 2.44 bits per heavy atom. The van der Waals surface area contributed by atoms with Crippen molar-refractivity contribution < 1.29 is 14.2 Å². The average Bonchev–Trinajstić information content (AvgIpc) is 2.87. The Hall–Kier alpha value is -3.47. The predicted octanol–water partition coefficient (Wildman–Crippen LogP) is 7.37. The molecule has 0 saturated heterocycles. The Bertz CT molecular complexity index is 1250. The van der Waals surface area contributed by atoms with E-state index in [1.54, 1.807) is 11.6 Å². The number of pyridine rings is 1. The van der Waals surface area contributed by atoms with Gasteiger partial charge in [0.05, 0.1) is 12.1 Å². The minimum atomic E-state index is -0.218. The number of hydrogen-bond donors (Lipinski definition) is 0. The lowest BCUT2D eigenvalue weighted by Gasteiger charge is -2.17. The molecule has 0 saturated carbocycles. The molecule has 0 aliphatic heterocycles. The first kappa shape index (κ1) is 27.1. The van der Waals surface area contributed by atoms with Crippen LogP contribution in [0.4, 0.5) is 0 Å². The molecule has 0 atom stereocenters. The van der Waals surface area contributed by atoms with E-state index in [1.807, 2.05) is 54.6 Å². The third-order valence-electron chi connectivity index (χ3n) is 6.02. The van der Waals surface area contributed by atoms with Gasteiger partial charge in [0, 0.05) is 18.5 Å². The van der Waals surface area contributed by atoms with Crippen molar-refractivity contribution in [1.82, 2.24) is 4.57 Å². The highest BCUT2D eigenvalue weighted by atomic mass is 16.5. The quantitative estimate of drug-likeness (QED) is 0.186. The monoisotopic (exact) mass is 489 g/mol.